The third-order valence-electron chi connectivity index (χ3n) is 5.03. The molecule has 2 aromatic heterocycles. The van der Waals surface area contributed by atoms with Crippen molar-refractivity contribution in [2.24, 2.45) is 0 Å². The molecule has 0 aliphatic rings. The Hall–Kier alpha value is -3.34. The van der Waals surface area contributed by atoms with Gasteiger partial charge < -0.3 is 15.5 Å². The van der Waals surface area contributed by atoms with Crippen molar-refractivity contribution in [2.45, 2.75) is 4.90 Å². The number of ether oxygens (including phenoxy) is 1. The van der Waals surface area contributed by atoms with Crippen LogP contribution in [0, 0.1) is 0 Å². The standard InChI is InChI=1S/C21H20ClN5O4S/c1-27(2)32(29,30)13-7-4-11(5-8-13)18-16(14-10-12(22)6-9-15(14)31-3)17-19(24-18)25-21(23)26-20(17)28/h4-10H,1-3H3,(H4,23,24,25,26,28). The number of methoxy groups -OCH3 is 1. The maximum atomic E-state index is 12.8. The molecule has 4 aromatic rings. The molecule has 0 amide bonds. The van der Waals surface area contributed by atoms with Gasteiger partial charge in [0.2, 0.25) is 16.0 Å². The Labute approximate surface area is 188 Å². The SMILES string of the molecule is COc1ccc(Cl)cc1-c1c(-c2ccc(S(=O)(=O)N(C)C)cc2)[nH]c2nc(N)[nH]c(=O)c12. The van der Waals surface area contributed by atoms with Gasteiger partial charge in [-0.2, -0.15) is 4.98 Å². The average molecular weight is 474 g/mol. The van der Waals surface area contributed by atoms with Gasteiger partial charge in [-0.05, 0) is 35.9 Å². The Kier molecular flexibility index (Phi) is 5.45. The van der Waals surface area contributed by atoms with Crippen LogP contribution in [0.25, 0.3) is 33.4 Å². The minimum atomic E-state index is -3.59. The lowest BCUT2D eigenvalue weighted by molar-refractivity contribution is 0.416. The first-order valence-corrected chi connectivity index (χ1v) is 11.2. The van der Waals surface area contributed by atoms with Crippen LogP contribution in [0.15, 0.2) is 52.2 Å². The van der Waals surface area contributed by atoms with E-state index in [1.807, 2.05) is 0 Å². The van der Waals surface area contributed by atoms with Crippen LogP contribution >= 0.6 is 11.6 Å². The first kappa shape index (κ1) is 21.9. The molecule has 0 saturated heterocycles. The van der Waals surface area contributed by atoms with Crippen molar-refractivity contribution in [3.63, 3.8) is 0 Å². The highest BCUT2D eigenvalue weighted by molar-refractivity contribution is 7.89. The largest absolute Gasteiger partial charge is 0.496 e. The summed E-state index contributed by atoms with van der Waals surface area (Å²) in [6.07, 6.45) is 0. The molecule has 9 nitrogen and oxygen atoms in total. The molecule has 166 valence electrons. The lowest BCUT2D eigenvalue weighted by Crippen LogP contribution is -2.22. The van der Waals surface area contributed by atoms with Gasteiger partial charge in [0.15, 0.2) is 0 Å². The van der Waals surface area contributed by atoms with Crippen LogP contribution in [0.3, 0.4) is 0 Å². The van der Waals surface area contributed by atoms with Gasteiger partial charge in [0.25, 0.3) is 5.56 Å². The third-order valence-corrected chi connectivity index (χ3v) is 7.10. The fourth-order valence-corrected chi connectivity index (χ4v) is 4.56. The Balaban J connectivity index is 2.03. The topological polar surface area (TPSA) is 134 Å². The van der Waals surface area contributed by atoms with Crippen LogP contribution in [0.2, 0.25) is 5.02 Å². The zero-order valence-corrected chi connectivity index (χ0v) is 19.0. The number of halogens is 1. The minimum Gasteiger partial charge on any atom is -0.496 e. The summed E-state index contributed by atoms with van der Waals surface area (Å²) in [4.78, 5) is 22.8. The van der Waals surface area contributed by atoms with Crippen LogP contribution in [-0.4, -0.2) is 48.9 Å². The fraction of sp³-hybridized carbons (Fsp3) is 0.143. The molecule has 0 atom stereocenters. The van der Waals surface area contributed by atoms with Gasteiger partial charge in [-0.3, -0.25) is 9.78 Å². The molecule has 4 rings (SSSR count). The average Bonchev–Trinajstić information content (AvgIpc) is 3.13. The highest BCUT2D eigenvalue weighted by Gasteiger charge is 2.23. The van der Waals surface area contributed by atoms with Gasteiger partial charge in [0.05, 0.1) is 23.1 Å². The summed E-state index contributed by atoms with van der Waals surface area (Å²) < 4.78 is 31.5. The van der Waals surface area contributed by atoms with Gasteiger partial charge in [0.1, 0.15) is 11.4 Å². The number of nitrogens with two attached hydrogens (primary N) is 1. The van der Waals surface area contributed by atoms with E-state index in [9.17, 15) is 13.2 Å². The lowest BCUT2D eigenvalue weighted by atomic mass is 9.98. The van der Waals surface area contributed by atoms with Crippen molar-refractivity contribution >= 4 is 38.6 Å². The van der Waals surface area contributed by atoms with Gasteiger partial charge in [-0.15, -0.1) is 0 Å². The van der Waals surface area contributed by atoms with E-state index in [-0.39, 0.29) is 21.9 Å². The number of nitrogens with zero attached hydrogens (tertiary/aromatic N) is 2. The maximum absolute atomic E-state index is 12.8. The van der Waals surface area contributed by atoms with Crippen LogP contribution in [0.4, 0.5) is 5.95 Å². The van der Waals surface area contributed by atoms with E-state index >= 15 is 0 Å². The summed E-state index contributed by atoms with van der Waals surface area (Å²) in [6.45, 7) is 0. The predicted octanol–water partition coefficient (Wildman–Crippen LogP) is 3.08. The minimum absolute atomic E-state index is 0.0349. The van der Waals surface area contributed by atoms with E-state index in [4.69, 9.17) is 22.1 Å². The van der Waals surface area contributed by atoms with E-state index in [2.05, 4.69) is 15.0 Å². The zero-order valence-electron chi connectivity index (χ0n) is 17.4. The molecule has 0 bridgehead atoms. The Morgan fingerprint density at radius 2 is 1.78 bits per heavy atom. The molecule has 0 aliphatic carbocycles. The number of anilines is 1. The normalized spacial score (nSPS) is 11.9. The molecule has 32 heavy (non-hydrogen) atoms. The summed E-state index contributed by atoms with van der Waals surface area (Å²) >= 11 is 6.25. The van der Waals surface area contributed by atoms with Crippen LogP contribution in [0.1, 0.15) is 0 Å². The molecular weight excluding hydrogens is 454 g/mol. The number of fused-ring (bicyclic) bond motifs is 1. The fourth-order valence-electron chi connectivity index (χ4n) is 3.48. The van der Waals surface area contributed by atoms with E-state index in [0.717, 1.165) is 4.31 Å². The molecule has 0 fully saturated rings. The molecular formula is C21H20ClN5O4S. The molecule has 0 spiro atoms. The first-order chi connectivity index (χ1) is 15.1. The van der Waals surface area contributed by atoms with Crippen molar-refractivity contribution in [3.8, 4) is 28.1 Å². The second-order valence-corrected chi connectivity index (χ2v) is 9.79. The molecule has 0 unspecified atom stereocenters. The zero-order chi connectivity index (χ0) is 23.2. The summed E-state index contributed by atoms with van der Waals surface area (Å²) in [5, 5.41) is 0.730. The van der Waals surface area contributed by atoms with Gasteiger partial charge in [-0.1, -0.05) is 23.7 Å². The second-order valence-electron chi connectivity index (χ2n) is 7.21. The number of benzene rings is 2. The molecule has 2 heterocycles. The van der Waals surface area contributed by atoms with Gasteiger partial charge in [-0.25, -0.2) is 12.7 Å². The number of sulfonamides is 1. The molecule has 0 radical (unpaired) electrons. The second kappa shape index (κ2) is 7.97. The number of rotatable bonds is 5. The van der Waals surface area contributed by atoms with Crippen molar-refractivity contribution in [1.29, 1.82) is 0 Å². The molecule has 0 saturated carbocycles. The van der Waals surface area contributed by atoms with Gasteiger partial charge >= 0.3 is 0 Å². The molecule has 4 N–H and O–H groups in total. The Morgan fingerprint density at radius 1 is 1.09 bits per heavy atom. The van der Waals surface area contributed by atoms with Gasteiger partial charge in [0, 0.05) is 30.2 Å². The van der Waals surface area contributed by atoms with Crippen molar-refractivity contribution in [2.75, 3.05) is 26.9 Å². The van der Waals surface area contributed by atoms with E-state index < -0.39 is 15.6 Å². The van der Waals surface area contributed by atoms with Crippen LogP contribution < -0.4 is 16.0 Å². The monoisotopic (exact) mass is 473 g/mol. The van der Waals surface area contributed by atoms with Crippen molar-refractivity contribution in [1.82, 2.24) is 19.3 Å². The smallest absolute Gasteiger partial charge is 0.262 e. The number of aromatic amines is 2. The summed E-state index contributed by atoms with van der Waals surface area (Å²) in [6, 6.07) is 11.4. The quantitative estimate of drug-likeness (QED) is 0.407. The van der Waals surface area contributed by atoms with E-state index in [1.54, 1.807) is 30.3 Å². The number of H-pyrrole nitrogens is 2. The maximum Gasteiger partial charge on any atom is 0.262 e. The number of hydrogen-bond donors (Lipinski definition) is 3. The van der Waals surface area contributed by atoms with Crippen LogP contribution in [-0.2, 0) is 10.0 Å². The molecule has 2 aromatic carbocycles. The van der Waals surface area contributed by atoms with Crippen molar-refractivity contribution in [3.05, 3.63) is 57.8 Å². The number of aromatic nitrogens is 3. The highest BCUT2D eigenvalue weighted by Crippen LogP contribution is 2.42. The Bertz CT molecular complexity index is 1490. The lowest BCUT2D eigenvalue weighted by Gasteiger charge is -2.13. The van der Waals surface area contributed by atoms with E-state index in [0.29, 0.717) is 33.2 Å². The molecule has 11 heteroatoms. The first-order valence-electron chi connectivity index (χ1n) is 9.42. The Morgan fingerprint density at radius 3 is 2.41 bits per heavy atom. The summed E-state index contributed by atoms with van der Waals surface area (Å²) in [5.41, 5.74) is 7.84. The highest BCUT2D eigenvalue weighted by atomic mass is 35.5. The van der Waals surface area contributed by atoms with Crippen molar-refractivity contribution < 1.29 is 13.2 Å². The number of nitrogens with one attached hydrogen (secondary N) is 2. The third kappa shape index (κ3) is 3.62. The number of nitrogen functional groups attached to an aromatic ring is 1. The van der Waals surface area contributed by atoms with Crippen LogP contribution in [0.5, 0.6) is 5.75 Å². The predicted molar refractivity (Wildman–Crippen MR) is 124 cm³/mol. The number of hydrogen-bond acceptors (Lipinski definition) is 6. The summed E-state index contributed by atoms with van der Waals surface area (Å²) in [5.74, 6) is 0.465. The molecule has 0 aliphatic heterocycles. The van der Waals surface area contributed by atoms with E-state index in [1.165, 1.54) is 33.3 Å². The summed E-state index contributed by atoms with van der Waals surface area (Å²) in [7, 11) is 0.857.